The Balaban J connectivity index is 1.58. The van der Waals surface area contributed by atoms with Crippen LogP contribution in [0.3, 0.4) is 0 Å². The molecule has 3 nitrogen and oxygen atoms in total. The van der Waals surface area contributed by atoms with Crippen LogP contribution in [0.1, 0.15) is 22.8 Å². The number of thiophene rings is 1. The Morgan fingerprint density at radius 2 is 2.20 bits per heavy atom. The quantitative estimate of drug-likeness (QED) is 0.939. The standard InChI is InChI=1S/C16H17NO2S/c18-16(10-13-4-3-9-20-13)17-11-12-7-8-19-15-6-2-1-5-14(12)15/h1-6,9,12H,7-8,10-11H2,(H,17,18). The topological polar surface area (TPSA) is 38.3 Å². The van der Waals surface area contributed by atoms with Gasteiger partial charge in [0.25, 0.3) is 0 Å². The molecule has 4 heteroatoms. The van der Waals surface area contributed by atoms with Crippen LogP contribution in [0.25, 0.3) is 0 Å². The van der Waals surface area contributed by atoms with Crippen molar-refractivity contribution in [3.05, 3.63) is 52.2 Å². The molecule has 0 saturated heterocycles. The van der Waals surface area contributed by atoms with Gasteiger partial charge in [-0.25, -0.2) is 0 Å². The minimum atomic E-state index is 0.0939. The molecule has 1 aliphatic heterocycles. The molecule has 0 aliphatic carbocycles. The van der Waals surface area contributed by atoms with Gasteiger partial charge in [-0.3, -0.25) is 4.79 Å². The number of ether oxygens (including phenoxy) is 1. The zero-order chi connectivity index (χ0) is 13.8. The molecule has 2 heterocycles. The van der Waals surface area contributed by atoms with E-state index in [1.54, 1.807) is 11.3 Å². The average Bonchev–Trinajstić information content (AvgIpc) is 2.98. The maximum atomic E-state index is 11.9. The third kappa shape index (κ3) is 3.02. The maximum absolute atomic E-state index is 11.9. The number of nitrogens with one attached hydrogen (secondary N) is 1. The van der Waals surface area contributed by atoms with Crippen molar-refractivity contribution in [2.75, 3.05) is 13.2 Å². The smallest absolute Gasteiger partial charge is 0.225 e. The molecule has 20 heavy (non-hydrogen) atoms. The predicted molar refractivity (Wildman–Crippen MR) is 80.3 cm³/mol. The molecule has 0 fully saturated rings. The van der Waals surface area contributed by atoms with Gasteiger partial charge < -0.3 is 10.1 Å². The van der Waals surface area contributed by atoms with Crippen LogP contribution in [0.15, 0.2) is 41.8 Å². The number of hydrogen-bond donors (Lipinski definition) is 1. The number of rotatable bonds is 4. The second-order valence-electron chi connectivity index (χ2n) is 4.93. The second-order valence-corrected chi connectivity index (χ2v) is 5.96. The third-order valence-electron chi connectivity index (χ3n) is 3.54. The zero-order valence-corrected chi connectivity index (χ0v) is 12.0. The number of benzene rings is 1. The Labute approximate surface area is 122 Å². The van der Waals surface area contributed by atoms with E-state index in [9.17, 15) is 4.79 Å². The van der Waals surface area contributed by atoms with E-state index < -0.39 is 0 Å². The lowest BCUT2D eigenvalue weighted by atomic mass is 9.93. The highest BCUT2D eigenvalue weighted by Crippen LogP contribution is 2.32. The molecule has 0 radical (unpaired) electrons. The largest absolute Gasteiger partial charge is 0.493 e. The van der Waals surface area contributed by atoms with E-state index in [1.165, 1.54) is 5.56 Å². The van der Waals surface area contributed by atoms with Crippen molar-refractivity contribution in [2.45, 2.75) is 18.8 Å². The highest BCUT2D eigenvalue weighted by atomic mass is 32.1. The fourth-order valence-electron chi connectivity index (χ4n) is 2.50. The summed E-state index contributed by atoms with van der Waals surface area (Å²) in [5.41, 5.74) is 1.20. The summed E-state index contributed by atoms with van der Waals surface area (Å²) in [5.74, 6) is 1.40. The van der Waals surface area contributed by atoms with Gasteiger partial charge in [0.15, 0.2) is 0 Å². The summed E-state index contributed by atoms with van der Waals surface area (Å²) < 4.78 is 5.63. The first-order valence-corrected chi connectivity index (χ1v) is 7.71. The summed E-state index contributed by atoms with van der Waals surface area (Å²) in [4.78, 5) is 13.0. The van der Waals surface area contributed by atoms with E-state index in [0.29, 0.717) is 18.9 Å². The normalized spacial score (nSPS) is 17.1. The molecule has 1 aromatic carbocycles. The number of hydrogen-bond acceptors (Lipinski definition) is 3. The van der Waals surface area contributed by atoms with Gasteiger partial charge in [-0.2, -0.15) is 0 Å². The first kappa shape index (κ1) is 13.2. The molecule has 104 valence electrons. The summed E-state index contributed by atoms with van der Waals surface area (Å²) in [6, 6.07) is 12.1. The van der Waals surface area contributed by atoms with Crippen molar-refractivity contribution < 1.29 is 9.53 Å². The third-order valence-corrected chi connectivity index (χ3v) is 4.42. The van der Waals surface area contributed by atoms with Crippen LogP contribution in [0.4, 0.5) is 0 Å². The van der Waals surface area contributed by atoms with Gasteiger partial charge in [0.2, 0.25) is 5.91 Å². The zero-order valence-electron chi connectivity index (χ0n) is 11.2. The Kier molecular flexibility index (Phi) is 4.02. The molecule has 1 aromatic heterocycles. The summed E-state index contributed by atoms with van der Waals surface area (Å²) in [6.07, 6.45) is 1.43. The minimum absolute atomic E-state index is 0.0939. The SMILES string of the molecule is O=C(Cc1cccs1)NCC1CCOc2ccccc21. The van der Waals surface area contributed by atoms with E-state index in [-0.39, 0.29) is 5.91 Å². The van der Waals surface area contributed by atoms with Crippen LogP contribution in [0, 0.1) is 0 Å². The fourth-order valence-corrected chi connectivity index (χ4v) is 3.20. The van der Waals surface area contributed by atoms with Crippen molar-refractivity contribution in [1.82, 2.24) is 5.32 Å². The molecule has 1 unspecified atom stereocenters. The molecule has 1 N–H and O–H groups in total. The first-order chi connectivity index (χ1) is 9.83. The molecule has 0 bridgehead atoms. The van der Waals surface area contributed by atoms with E-state index in [4.69, 9.17) is 4.74 Å². The molecular formula is C16H17NO2S. The van der Waals surface area contributed by atoms with Gasteiger partial charge in [0, 0.05) is 17.3 Å². The molecule has 1 aliphatic rings. The van der Waals surface area contributed by atoms with Gasteiger partial charge in [-0.15, -0.1) is 11.3 Å². The number of amides is 1. The fraction of sp³-hybridized carbons (Fsp3) is 0.312. The van der Waals surface area contributed by atoms with Crippen molar-refractivity contribution in [2.24, 2.45) is 0 Å². The van der Waals surface area contributed by atoms with Crippen LogP contribution >= 0.6 is 11.3 Å². The van der Waals surface area contributed by atoms with Gasteiger partial charge >= 0.3 is 0 Å². The van der Waals surface area contributed by atoms with Crippen LogP contribution in [0.2, 0.25) is 0 Å². The number of carbonyl (C=O) groups is 1. The van der Waals surface area contributed by atoms with Gasteiger partial charge in [-0.1, -0.05) is 24.3 Å². The summed E-state index contributed by atoms with van der Waals surface area (Å²) >= 11 is 1.62. The van der Waals surface area contributed by atoms with Crippen LogP contribution in [0.5, 0.6) is 5.75 Å². The second kappa shape index (κ2) is 6.09. The highest BCUT2D eigenvalue weighted by Gasteiger charge is 2.21. The molecule has 3 rings (SSSR count). The van der Waals surface area contributed by atoms with Crippen molar-refractivity contribution in [1.29, 1.82) is 0 Å². The Hall–Kier alpha value is -1.81. The lowest BCUT2D eigenvalue weighted by molar-refractivity contribution is -0.120. The maximum Gasteiger partial charge on any atom is 0.225 e. The number of para-hydroxylation sites is 1. The summed E-state index contributed by atoms with van der Waals surface area (Å²) in [6.45, 7) is 1.41. The molecule has 0 saturated carbocycles. The van der Waals surface area contributed by atoms with Gasteiger partial charge in [0.05, 0.1) is 13.0 Å². The number of carbonyl (C=O) groups excluding carboxylic acids is 1. The Bertz CT molecular complexity index is 580. The average molecular weight is 287 g/mol. The highest BCUT2D eigenvalue weighted by molar-refractivity contribution is 7.10. The molecule has 1 amide bonds. The molecule has 0 spiro atoms. The Morgan fingerprint density at radius 1 is 1.30 bits per heavy atom. The van der Waals surface area contributed by atoms with Crippen LogP contribution < -0.4 is 10.1 Å². The first-order valence-electron chi connectivity index (χ1n) is 6.84. The minimum Gasteiger partial charge on any atom is -0.493 e. The molecular weight excluding hydrogens is 270 g/mol. The van der Waals surface area contributed by atoms with E-state index in [1.807, 2.05) is 35.7 Å². The van der Waals surface area contributed by atoms with Crippen LogP contribution in [-0.2, 0) is 11.2 Å². The monoisotopic (exact) mass is 287 g/mol. The number of fused-ring (bicyclic) bond motifs is 1. The predicted octanol–water partition coefficient (Wildman–Crippen LogP) is 2.97. The lowest BCUT2D eigenvalue weighted by Gasteiger charge is -2.26. The summed E-state index contributed by atoms with van der Waals surface area (Å²) in [7, 11) is 0. The molecule has 2 aromatic rings. The molecule has 1 atom stereocenters. The van der Waals surface area contributed by atoms with E-state index in [0.717, 1.165) is 23.7 Å². The summed E-state index contributed by atoms with van der Waals surface area (Å²) in [5, 5.41) is 5.04. The van der Waals surface area contributed by atoms with Crippen molar-refractivity contribution >= 4 is 17.2 Å². The van der Waals surface area contributed by atoms with E-state index >= 15 is 0 Å². The van der Waals surface area contributed by atoms with Crippen molar-refractivity contribution in [3.8, 4) is 5.75 Å². The van der Waals surface area contributed by atoms with Gasteiger partial charge in [0.1, 0.15) is 5.75 Å². The van der Waals surface area contributed by atoms with Gasteiger partial charge in [-0.05, 0) is 29.5 Å². The van der Waals surface area contributed by atoms with E-state index in [2.05, 4.69) is 11.4 Å². The Morgan fingerprint density at radius 3 is 3.05 bits per heavy atom. The lowest BCUT2D eigenvalue weighted by Crippen LogP contribution is -2.31. The van der Waals surface area contributed by atoms with Crippen LogP contribution in [-0.4, -0.2) is 19.1 Å². The van der Waals surface area contributed by atoms with Crippen molar-refractivity contribution in [3.63, 3.8) is 0 Å².